The number of rotatable bonds is 0. The van der Waals surface area contributed by atoms with Crippen molar-refractivity contribution in [1.29, 1.82) is 0 Å². The lowest BCUT2D eigenvalue weighted by Crippen LogP contribution is -2.10. The van der Waals surface area contributed by atoms with Gasteiger partial charge in [0, 0.05) is 0 Å². The van der Waals surface area contributed by atoms with Crippen LogP contribution in [0.3, 0.4) is 0 Å². The predicted molar refractivity (Wildman–Crippen MR) is 68.6 cm³/mol. The molecule has 2 aromatic carbocycles. The molecule has 0 fully saturated rings. The smallest absolute Gasteiger partial charge is 0.259 e. The molecule has 1 aliphatic heterocycles. The Morgan fingerprint density at radius 3 is 2.76 bits per heavy atom. The number of hydrogen-bond donors (Lipinski definition) is 1. The molecule has 0 radical (unpaired) electrons. The highest BCUT2D eigenvalue weighted by Gasteiger charge is 2.21. The van der Waals surface area contributed by atoms with E-state index in [9.17, 15) is 4.79 Å². The molecule has 84 valence electrons. The first-order valence-corrected chi connectivity index (χ1v) is 5.92. The van der Waals surface area contributed by atoms with Gasteiger partial charge < -0.3 is 10.1 Å². The molecule has 3 rings (SSSR count). The SMILES string of the molecule is O=C1Nc2cccc(Br)c2Oc2ccccc21. The van der Waals surface area contributed by atoms with Crippen molar-refractivity contribution in [3.05, 3.63) is 52.5 Å². The Hall–Kier alpha value is -1.81. The lowest BCUT2D eigenvalue weighted by molar-refractivity contribution is 0.102. The van der Waals surface area contributed by atoms with Crippen molar-refractivity contribution in [3.8, 4) is 11.5 Å². The molecule has 17 heavy (non-hydrogen) atoms. The molecule has 0 atom stereocenters. The zero-order valence-electron chi connectivity index (χ0n) is 8.74. The first-order valence-electron chi connectivity index (χ1n) is 5.12. The van der Waals surface area contributed by atoms with Gasteiger partial charge in [0.1, 0.15) is 5.75 Å². The Morgan fingerprint density at radius 2 is 1.88 bits per heavy atom. The zero-order chi connectivity index (χ0) is 11.8. The monoisotopic (exact) mass is 289 g/mol. The largest absolute Gasteiger partial charge is 0.453 e. The van der Waals surface area contributed by atoms with Crippen LogP contribution >= 0.6 is 15.9 Å². The van der Waals surface area contributed by atoms with Crippen LogP contribution in [-0.4, -0.2) is 5.91 Å². The van der Waals surface area contributed by atoms with E-state index < -0.39 is 0 Å². The molecular weight excluding hydrogens is 282 g/mol. The number of nitrogens with one attached hydrogen (secondary N) is 1. The summed E-state index contributed by atoms with van der Waals surface area (Å²) in [7, 11) is 0. The highest BCUT2D eigenvalue weighted by molar-refractivity contribution is 9.10. The third-order valence-corrected chi connectivity index (χ3v) is 3.18. The average Bonchev–Trinajstić information content (AvgIpc) is 2.47. The quantitative estimate of drug-likeness (QED) is 0.801. The number of hydrogen-bond acceptors (Lipinski definition) is 2. The molecule has 0 unspecified atom stereocenters. The van der Waals surface area contributed by atoms with Crippen LogP contribution < -0.4 is 10.1 Å². The minimum Gasteiger partial charge on any atom is -0.453 e. The summed E-state index contributed by atoms with van der Waals surface area (Å²) >= 11 is 3.41. The number of anilines is 1. The molecule has 1 amide bonds. The summed E-state index contributed by atoms with van der Waals surface area (Å²) in [4.78, 5) is 12.0. The van der Waals surface area contributed by atoms with E-state index >= 15 is 0 Å². The first-order chi connectivity index (χ1) is 8.25. The normalized spacial score (nSPS) is 12.9. The van der Waals surface area contributed by atoms with Crippen LogP contribution in [-0.2, 0) is 0 Å². The number of halogens is 1. The molecule has 4 heteroatoms. The fraction of sp³-hybridized carbons (Fsp3) is 0. The van der Waals surface area contributed by atoms with Crippen LogP contribution in [0.4, 0.5) is 5.69 Å². The molecule has 0 spiro atoms. The molecule has 0 aliphatic carbocycles. The van der Waals surface area contributed by atoms with Crippen LogP contribution in [0.25, 0.3) is 0 Å². The Labute approximate surface area is 107 Å². The van der Waals surface area contributed by atoms with Gasteiger partial charge in [-0.3, -0.25) is 4.79 Å². The predicted octanol–water partition coefficient (Wildman–Crippen LogP) is 3.81. The van der Waals surface area contributed by atoms with Gasteiger partial charge in [-0.25, -0.2) is 0 Å². The van der Waals surface area contributed by atoms with E-state index in [2.05, 4.69) is 21.2 Å². The van der Waals surface area contributed by atoms with E-state index in [4.69, 9.17) is 4.74 Å². The number of benzene rings is 2. The van der Waals surface area contributed by atoms with E-state index in [1.54, 1.807) is 12.1 Å². The summed E-state index contributed by atoms with van der Waals surface area (Å²) < 4.78 is 6.59. The van der Waals surface area contributed by atoms with E-state index in [1.807, 2.05) is 30.3 Å². The topological polar surface area (TPSA) is 38.3 Å². The van der Waals surface area contributed by atoms with Crippen molar-refractivity contribution >= 4 is 27.5 Å². The maximum atomic E-state index is 12.0. The van der Waals surface area contributed by atoms with Gasteiger partial charge in [-0.1, -0.05) is 18.2 Å². The van der Waals surface area contributed by atoms with Gasteiger partial charge in [-0.05, 0) is 40.2 Å². The Morgan fingerprint density at radius 1 is 1.06 bits per heavy atom. The number of para-hydroxylation sites is 2. The van der Waals surface area contributed by atoms with Crippen LogP contribution in [0, 0.1) is 0 Å². The van der Waals surface area contributed by atoms with E-state index in [-0.39, 0.29) is 5.91 Å². The molecule has 0 saturated heterocycles. The van der Waals surface area contributed by atoms with E-state index in [0.29, 0.717) is 22.7 Å². The maximum Gasteiger partial charge on any atom is 0.259 e. The summed E-state index contributed by atoms with van der Waals surface area (Å²) in [5.74, 6) is 1.04. The van der Waals surface area contributed by atoms with Crippen LogP contribution in [0.15, 0.2) is 46.9 Å². The lowest BCUT2D eigenvalue weighted by Gasteiger charge is -2.08. The molecule has 2 aromatic rings. The van der Waals surface area contributed by atoms with Crippen molar-refractivity contribution in [2.45, 2.75) is 0 Å². The number of fused-ring (bicyclic) bond motifs is 2. The zero-order valence-corrected chi connectivity index (χ0v) is 10.3. The standard InChI is InChI=1S/C13H8BrNO2/c14-9-5-3-6-10-12(9)17-11-7-2-1-4-8(11)13(16)15-10/h1-7H,(H,15,16). The maximum absolute atomic E-state index is 12.0. The van der Waals surface area contributed by atoms with Crippen molar-refractivity contribution < 1.29 is 9.53 Å². The summed E-state index contributed by atoms with van der Waals surface area (Å²) in [6, 6.07) is 12.7. The van der Waals surface area contributed by atoms with Crippen LogP contribution in [0.5, 0.6) is 11.5 Å². The second kappa shape index (κ2) is 3.89. The molecule has 1 aliphatic rings. The highest BCUT2D eigenvalue weighted by atomic mass is 79.9. The third kappa shape index (κ3) is 1.70. The van der Waals surface area contributed by atoms with Gasteiger partial charge in [-0.15, -0.1) is 0 Å². The van der Waals surface area contributed by atoms with Crippen molar-refractivity contribution in [1.82, 2.24) is 0 Å². The third-order valence-electron chi connectivity index (χ3n) is 2.56. The lowest BCUT2D eigenvalue weighted by atomic mass is 10.2. The number of carbonyl (C=O) groups is 1. The van der Waals surface area contributed by atoms with Gasteiger partial charge in [0.25, 0.3) is 5.91 Å². The molecule has 0 saturated carbocycles. The van der Waals surface area contributed by atoms with Crippen molar-refractivity contribution in [3.63, 3.8) is 0 Å². The van der Waals surface area contributed by atoms with E-state index in [0.717, 1.165) is 4.47 Å². The van der Waals surface area contributed by atoms with Crippen LogP contribution in [0.2, 0.25) is 0 Å². The molecule has 1 N–H and O–H groups in total. The fourth-order valence-corrected chi connectivity index (χ4v) is 2.20. The van der Waals surface area contributed by atoms with E-state index in [1.165, 1.54) is 0 Å². The van der Waals surface area contributed by atoms with Gasteiger partial charge in [0.05, 0.1) is 15.7 Å². The minimum absolute atomic E-state index is 0.155. The number of amides is 1. The summed E-state index contributed by atoms with van der Waals surface area (Å²) in [6.45, 7) is 0. The van der Waals surface area contributed by atoms with Gasteiger partial charge in [0.15, 0.2) is 5.75 Å². The fourth-order valence-electron chi connectivity index (χ4n) is 1.75. The van der Waals surface area contributed by atoms with Crippen molar-refractivity contribution in [2.75, 3.05) is 5.32 Å². The van der Waals surface area contributed by atoms with Gasteiger partial charge in [-0.2, -0.15) is 0 Å². The molecule has 3 nitrogen and oxygen atoms in total. The van der Waals surface area contributed by atoms with Gasteiger partial charge >= 0.3 is 0 Å². The molecular formula is C13H8BrNO2. The first kappa shape index (κ1) is 10.4. The minimum atomic E-state index is -0.155. The summed E-state index contributed by atoms with van der Waals surface area (Å²) in [5, 5.41) is 2.83. The van der Waals surface area contributed by atoms with Crippen molar-refractivity contribution in [2.24, 2.45) is 0 Å². The number of ether oxygens (including phenoxy) is 1. The average molecular weight is 290 g/mol. The van der Waals surface area contributed by atoms with Crippen LogP contribution in [0.1, 0.15) is 10.4 Å². The molecule has 1 heterocycles. The second-order valence-corrected chi connectivity index (χ2v) is 4.52. The highest BCUT2D eigenvalue weighted by Crippen LogP contribution is 2.40. The molecule has 0 aromatic heterocycles. The second-order valence-electron chi connectivity index (χ2n) is 3.67. The Balaban J connectivity index is 2.21. The van der Waals surface area contributed by atoms with Gasteiger partial charge in [0.2, 0.25) is 0 Å². The molecule has 0 bridgehead atoms. The summed E-state index contributed by atoms with van der Waals surface area (Å²) in [5.41, 5.74) is 1.20. The Kier molecular flexibility index (Phi) is 2.37. The Bertz CT molecular complexity index is 610. The number of carbonyl (C=O) groups excluding carboxylic acids is 1. The summed E-state index contributed by atoms with van der Waals surface area (Å²) in [6.07, 6.45) is 0.